The van der Waals surface area contributed by atoms with Crippen molar-refractivity contribution in [1.29, 1.82) is 0 Å². The van der Waals surface area contributed by atoms with E-state index in [1.165, 1.54) is 6.07 Å². The van der Waals surface area contributed by atoms with E-state index in [0.717, 1.165) is 10.9 Å². The summed E-state index contributed by atoms with van der Waals surface area (Å²) in [4.78, 5) is 0.112. The summed E-state index contributed by atoms with van der Waals surface area (Å²) in [6, 6.07) is 4.57. The molecule has 0 bridgehead atoms. The summed E-state index contributed by atoms with van der Waals surface area (Å²) in [5.74, 6) is 0.214. The molecule has 0 amide bonds. The number of nitrogens with two attached hydrogens (primary N) is 1. The Hall–Kier alpha value is -0.630. The first-order valence-corrected chi connectivity index (χ1v) is 8.33. The molecule has 1 aliphatic heterocycles. The number of rotatable bonds is 4. The zero-order valence-electron chi connectivity index (χ0n) is 10.6. The average molecular weight is 349 g/mol. The second-order valence-corrected chi connectivity index (χ2v) is 7.31. The average Bonchev–Trinajstić information content (AvgIpc) is 2.80. The molecule has 19 heavy (non-hydrogen) atoms. The lowest BCUT2D eigenvalue weighted by Gasteiger charge is -2.19. The SMILES string of the molecule is CC(NS(=O)(=O)c1ccc(Br)cc1N)C1CCOC1. The topological polar surface area (TPSA) is 81.4 Å². The fourth-order valence-corrected chi connectivity index (χ4v) is 3.92. The molecular weight excluding hydrogens is 332 g/mol. The molecule has 1 aromatic carbocycles. The van der Waals surface area contributed by atoms with Gasteiger partial charge in [0.05, 0.1) is 12.3 Å². The number of ether oxygens (including phenoxy) is 1. The molecule has 3 N–H and O–H groups in total. The maximum atomic E-state index is 12.3. The molecule has 1 heterocycles. The Labute approximate surface area is 121 Å². The van der Waals surface area contributed by atoms with Gasteiger partial charge in [-0.05, 0) is 31.5 Å². The smallest absolute Gasteiger partial charge is 0.242 e. The van der Waals surface area contributed by atoms with Crippen LogP contribution in [0.25, 0.3) is 0 Å². The van der Waals surface area contributed by atoms with E-state index >= 15 is 0 Å². The minimum atomic E-state index is -3.60. The van der Waals surface area contributed by atoms with Gasteiger partial charge in [-0.1, -0.05) is 15.9 Å². The van der Waals surface area contributed by atoms with E-state index in [0.29, 0.717) is 13.2 Å². The highest BCUT2D eigenvalue weighted by atomic mass is 79.9. The van der Waals surface area contributed by atoms with Crippen molar-refractivity contribution in [2.24, 2.45) is 5.92 Å². The maximum Gasteiger partial charge on any atom is 0.242 e. The third-order valence-corrected chi connectivity index (χ3v) is 5.40. The fraction of sp³-hybridized carbons (Fsp3) is 0.500. The third-order valence-electron chi connectivity index (χ3n) is 3.27. The molecule has 1 saturated heterocycles. The van der Waals surface area contributed by atoms with Gasteiger partial charge in [0.1, 0.15) is 4.90 Å². The Kier molecular flexibility index (Phi) is 4.50. The maximum absolute atomic E-state index is 12.3. The van der Waals surface area contributed by atoms with Gasteiger partial charge in [0.15, 0.2) is 0 Å². The largest absolute Gasteiger partial charge is 0.398 e. The van der Waals surface area contributed by atoms with Gasteiger partial charge >= 0.3 is 0 Å². The summed E-state index contributed by atoms with van der Waals surface area (Å²) < 4.78 is 33.3. The van der Waals surface area contributed by atoms with E-state index in [2.05, 4.69) is 20.7 Å². The quantitative estimate of drug-likeness (QED) is 0.812. The molecule has 2 atom stereocenters. The number of benzene rings is 1. The summed E-state index contributed by atoms with van der Waals surface area (Å²) in [5.41, 5.74) is 6.00. The molecule has 1 aliphatic rings. The van der Waals surface area contributed by atoms with Gasteiger partial charge in [-0.3, -0.25) is 0 Å². The molecule has 7 heteroatoms. The standard InChI is InChI=1S/C12H17BrN2O3S/c1-8(9-4-5-18-7-9)15-19(16,17)12-3-2-10(13)6-11(12)14/h2-3,6,8-9,15H,4-5,7,14H2,1H3. The first kappa shape index (κ1) is 14.8. The van der Waals surface area contributed by atoms with Crippen LogP contribution in [-0.4, -0.2) is 27.7 Å². The zero-order chi connectivity index (χ0) is 14.0. The van der Waals surface area contributed by atoms with Crippen molar-refractivity contribution >= 4 is 31.6 Å². The lowest BCUT2D eigenvalue weighted by atomic mass is 10.0. The van der Waals surface area contributed by atoms with Crippen LogP contribution in [0, 0.1) is 5.92 Å². The van der Waals surface area contributed by atoms with Crippen molar-refractivity contribution in [3.63, 3.8) is 0 Å². The summed E-state index contributed by atoms with van der Waals surface area (Å²) in [6.45, 7) is 3.14. The first-order chi connectivity index (χ1) is 8.90. The van der Waals surface area contributed by atoms with E-state index in [1.807, 2.05) is 6.92 Å². The molecule has 0 saturated carbocycles. The Morgan fingerprint density at radius 1 is 1.53 bits per heavy atom. The molecule has 0 aliphatic carbocycles. The van der Waals surface area contributed by atoms with Gasteiger partial charge in [-0.2, -0.15) is 0 Å². The van der Waals surface area contributed by atoms with Crippen LogP contribution in [0.5, 0.6) is 0 Å². The number of anilines is 1. The number of sulfonamides is 1. The van der Waals surface area contributed by atoms with Crippen molar-refractivity contribution in [1.82, 2.24) is 4.72 Å². The number of hydrogen-bond acceptors (Lipinski definition) is 4. The van der Waals surface area contributed by atoms with Crippen LogP contribution in [0.2, 0.25) is 0 Å². The highest BCUT2D eigenvalue weighted by Gasteiger charge is 2.27. The number of nitrogen functional groups attached to an aromatic ring is 1. The molecule has 106 valence electrons. The minimum Gasteiger partial charge on any atom is -0.398 e. The molecule has 0 aromatic heterocycles. The molecule has 2 unspecified atom stereocenters. The summed E-state index contributed by atoms with van der Waals surface area (Å²) in [6.07, 6.45) is 0.875. The molecule has 5 nitrogen and oxygen atoms in total. The molecule has 0 spiro atoms. The van der Waals surface area contributed by atoms with Crippen LogP contribution in [0.4, 0.5) is 5.69 Å². The van der Waals surface area contributed by atoms with Crippen molar-refractivity contribution < 1.29 is 13.2 Å². The normalized spacial score (nSPS) is 21.5. The van der Waals surface area contributed by atoms with Gasteiger partial charge in [-0.25, -0.2) is 13.1 Å². The molecule has 1 aromatic rings. The number of hydrogen-bond donors (Lipinski definition) is 2. The second-order valence-electron chi connectivity index (χ2n) is 4.72. The summed E-state index contributed by atoms with van der Waals surface area (Å²) in [7, 11) is -3.60. The van der Waals surface area contributed by atoms with E-state index in [1.54, 1.807) is 12.1 Å². The third kappa shape index (κ3) is 3.47. The number of nitrogens with one attached hydrogen (secondary N) is 1. The van der Waals surface area contributed by atoms with Gasteiger partial charge in [0, 0.05) is 23.0 Å². The lowest BCUT2D eigenvalue weighted by Crippen LogP contribution is -2.38. The molecule has 2 rings (SSSR count). The van der Waals surface area contributed by atoms with E-state index < -0.39 is 10.0 Å². The van der Waals surface area contributed by atoms with Crippen LogP contribution < -0.4 is 10.5 Å². The van der Waals surface area contributed by atoms with Crippen LogP contribution in [0.15, 0.2) is 27.6 Å². The second kappa shape index (κ2) is 5.78. The Balaban J connectivity index is 2.17. The van der Waals surface area contributed by atoms with Crippen molar-refractivity contribution in [2.45, 2.75) is 24.3 Å². The molecule has 0 radical (unpaired) electrons. The number of halogens is 1. The van der Waals surface area contributed by atoms with Crippen molar-refractivity contribution in [2.75, 3.05) is 18.9 Å². The predicted molar refractivity (Wildman–Crippen MR) is 77.3 cm³/mol. The van der Waals surface area contributed by atoms with Crippen molar-refractivity contribution in [3.05, 3.63) is 22.7 Å². The van der Waals surface area contributed by atoms with Gasteiger partial charge < -0.3 is 10.5 Å². The highest BCUT2D eigenvalue weighted by Crippen LogP contribution is 2.24. The van der Waals surface area contributed by atoms with Gasteiger partial charge in [-0.15, -0.1) is 0 Å². The Morgan fingerprint density at radius 2 is 2.26 bits per heavy atom. The van der Waals surface area contributed by atoms with Gasteiger partial charge in [0.25, 0.3) is 0 Å². The van der Waals surface area contributed by atoms with Crippen LogP contribution in [0.3, 0.4) is 0 Å². The predicted octanol–water partition coefficient (Wildman–Crippen LogP) is 1.73. The van der Waals surface area contributed by atoms with E-state index in [9.17, 15) is 8.42 Å². The van der Waals surface area contributed by atoms with Gasteiger partial charge in [0.2, 0.25) is 10.0 Å². The van der Waals surface area contributed by atoms with E-state index in [-0.39, 0.29) is 22.5 Å². The lowest BCUT2D eigenvalue weighted by molar-refractivity contribution is 0.180. The fourth-order valence-electron chi connectivity index (χ4n) is 2.12. The highest BCUT2D eigenvalue weighted by molar-refractivity contribution is 9.10. The summed E-state index contributed by atoms with van der Waals surface area (Å²) in [5, 5.41) is 0. The van der Waals surface area contributed by atoms with Crippen LogP contribution >= 0.6 is 15.9 Å². The zero-order valence-corrected chi connectivity index (χ0v) is 13.0. The summed E-state index contributed by atoms with van der Waals surface area (Å²) >= 11 is 3.26. The van der Waals surface area contributed by atoms with Crippen LogP contribution in [0.1, 0.15) is 13.3 Å². The Bertz CT molecular complexity index is 556. The first-order valence-electron chi connectivity index (χ1n) is 6.05. The van der Waals surface area contributed by atoms with Crippen molar-refractivity contribution in [3.8, 4) is 0 Å². The monoisotopic (exact) mass is 348 g/mol. The Morgan fingerprint density at radius 3 is 2.84 bits per heavy atom. The molecule has 1 fully saturated rings. The minimum absolute atomic E-state index is 0.112. The van der Waals surface area contributed by atoms with Crippen LogP contribution in [-0.2, 0) is 14.8 Å². The van der Waals surface area contributed by atoms with E-state index in [4.69, 9.17) is 10.5 Å². The molecular formula is C12H17BrN2O3S.